The van der Waals surface area contributed by atoms with Gasteiger partial charge in [-0.2, -0.15) is 0 Å². The van der Waals surface area contributed by atoms with Crippen LogP contribution in [-0.4, -0.2) is 48.7 Å². The smallest absolute Gasteiger partial charge is 0.296 e. The fraction of sp³-hybridized carbons (Fsp3) is 0.375. The van der Waals surface area contributed by atoms with Crippen molar-refractivity contribution < 1.29 is 24.2 Å². The summed E-state index contributed by atoms with van der Waals surface area (Å²) in [4.78, 5) is 25.2. The van der Waals surface area contributed by atoms with Crippen LogP contribution in [0.5, 0.6) is 5.75 Å². The third-order valence-corrected chi connectivity index (χ3v) is 3.28. The largest absolute Gasteiger partial charge is 0.502 e. The summed E-state index contributed by atoms with van der Waals surface area (Å²) in [6.07, 6.45) is 0.898. The van der Waals surface area contributed by atoms with Crippen LogP contribution >= 0.6 is 0 Å². The topological polar surface area (TPSA) is 76.1 Å². The highest BCUT2D eigenvalue weighted by atomic mass is 16.5. The van der Waals surface area contributed by atoms with Gasteiger partial charge in [-0.05, 0) is 24.1 Å². The van der Waals surface area contributed by atoms with Crippen molar-refractivity contribution in [1.29, 1.82) is 0 Å². The van der Waals surface area contributed by atoms with Crippen molar-refractivity contribution in [3.05, 3.63) is 35.6 Å². The molecule has 6 nitrogen and oxygen atoms in total. The van der Waals surface area contributed by atoms with Gasteiger partial charge in [-0.15, -0.1) is 0 Å². The highest BCUT2D eigenvalue weighted by molar-refractivity contribution is 6.34. The normalized spacial score (nSPS) is 14.9. The molecule has 0 aromatic heterocycles. The number of rotatable bonds is 7. The van der Waals surface area contributed by atoms with Crippen LogP contribution < -0.4 is 4.74 Å². The van der Waals surface area contributed by atoms with Gasteiger partial charge in [0.15, 0.2) is 5.76 Å². The first-order valence-electron chi connectivity index (χ1n) is 7.11. The van der Waals surface area contributed by atoms with Crippen molar-refractivity contribution >= 4 is 17.4 Å². The average molecular weight is 305 g/mol. The van der Waals surface area contributed by atoms with Crippen LogP contribution in [0.2, 0.25) is 0 Å². The Balaban J connectivity index is 2.20. The van der Waals surface area contributed by atoms with Gasteiger partial charge >= 0.3 is 0 Å². The van der Waals surface area contributed by atoms with Crippen LogP contribution in [0.1, 0.15) is 18.9 Å². The van der Waals surface area contributed by atoms with Crippen LogP contribution in [0.25, 0.3) is 5.57 Å². The van der Waals surface area contributed by atoms with E-state index >= 15 is 0 Å². The molecule has 2 rings (SSSR count). The number of ether oxygens (including phenoxy) is 2. The summed E-state index contributed by atoms with van der Waals surface area (Å²) in [7, 11) is 1.48. The Morgan fingerprint density at radius 3 is 2.36 bits per heavy atom. The lowest BCUT2D eigenvalue weighted by Gasteiger charge is -2.13. The minimum Gasteiger partial charge on any atom is -0.502 e. The Morgan fingerprint density at radius 1 is 1.09 bits per heavy atom. The Kier molecular flexibility index (Phi) is 5.16. The number of carbonyl (C=O) groups is 2. The molecule has 2 amide bonds. The number of hydrogen-bond donors (Lipinski definition) is 1. The molecule has 118 valence electrons. The van der Waals surface area contributed by atoms with E-state index in [0.717, 1.165) is 11.3 Å². The van der Waals surface area contributed by atoms with Crippen LogP contribution in [0.15, 0.2) is 30.0 Å². The molecule has 1 aromatic carbocycles. The maximum absolute atomic E-state index is 12.3. The molecule has 6 heteroatoms. The third-order valence-electron chi connectivity index (χ3n) is 3.28. The van der Waals surface area contributed by atoms with Gasteiger partial charge in [0.25, 0.3) is 11.8 Å². The van der Waals surface area contributed by atoms with E-state index in [2.05, 4.69) is 0 Å². The standard InChI is InChI=1S/C16H19NO5/c1-3-9-22-12-6-4-11(5-7-12)13-14(18)16(20)17(15(13)19)8-10-21-2/h4-7,18H,3,8-10H2,1-2H3. The highest BCUT2D eigenvalue weighted by Gasteiger charge is 2.38. The number of hydrogen-bond acceptors (Lipinski definition) is 5. The highest BCUT2D eigenvalue weighted by Crippen LogP contribution is 2.29. The van der Waals surface area contributed by atoms with Crippen molar-refractivity contribution in [2.24, 2.45) is 0 Å². The number of methoxy groups -OCH3 is 1. The summed E-state index contributed by atoms with van der Waals surface area (Å²) in [6, 6.07) is 6.73. The minimum atomic E-state index is -0.691. The molecule has 0 spiro atoms. The number of amides is 2. The molecule has 0 atom stereocenters. The molecule has 1 heterocycles. The van der Waals surface area contributed by atoms with Gasteiger partial charge in [0, 0.05) is 7.11 Å². The van der Waals surface area contributed by atoms with E-state index in [9.17, 15) is 14.7 Å². The maximum atomic E-state index is 12.3. The van der Waals surface area contributed by atoms with Gasteiger partial charge in [-0.1, -0.05) is 19.1 Å². The van der Waals surface area contributed by atoms with Crippen LogP contribution in [0, 0.1) is 0 Å². The van der Waals surface area contributed by atoms with Gasteiger partial charge in [0.1, 0.15) is 5.75 Å². The Hall–Kier alpha value is -2.34. The van der Waals surface area contributed by atoms with Gasteiger partial charge in [-0.25, -0.2) is 0 Å². The molecule has 1 aliphatic rings. The molecule has 0 unspecified atom stereocenters. The molecule has 0 fully saturated rings. The van der Waals surface area contributed by atoms with Gasteiger partial charge in [-0.3, -0.25) is 14.5 Å². The summed E-state index contributed by atoms with van der Waals surface area (Å²) in [6.45, 7) is 2.95. The molecule has 0 bridgehead atoms. The second-order valence-corrected chi connectivity index (χ2v) is 4.85. The zero-order valence-corrected chi connectivity index (χ0v) is 12.7. The predicted molar refractivity (Wildman–Crippen MR) is 80.4 cm³/mol. The van der Waals surface area contributed by atoms with E-state index in [4.69, 9.17) is 9.47 Å². The van der Waals surface area contributed by atoms with Crippen molar-refractivity contribution in [2.45, 2.75) is 13.3 Å². The van der Waals surface area contributed by atoms with E-state index < -0.39 is 17.6 Å². The second kappa shape index (κ2) is 7.09. The number of nitrogens with zero attached hydrogens (tertiary/aromatic N) is 1. The zero-order valence-electron chi connectivity index (χ0n) is 12.7. The molecular weight excluding hydrogens is 286 g/mol. The second-order valence-electron chi connectivity index (χ2n) is 4.85. The lowest BCUT2D eigenvalue weighted by Crippen LogP contribution is -2.34. The lowest BCUT2D eigenvalue weighted by molar-refractivity contribution is -0.138. The molecule has 0 saturated carbocycles. The monoisotopic (exact) mass is 305 g/mol. The summed E-state index contributed by atoms with van der Waals surface area (Å²) in [5, 5.41) is 9.96. The summed E-state index contributed by atoms with van der Waals surface area (Å²) in [5.41, 5.74) is 0.503. The third kappa shape index (κ3) is 3.12. The molecule has 0 radical (unpaired) electrons. The molecule has 1 N–H and O–H groups in total. The Morgan fingerprint density at radius 2 is 1.77 bits per heavy atom. The van der Waals surface area contributed by atoms with Gasteiger partial charge in [0.05, 0.1) is 25.3 Å². The van der Waals surface area contributed by atoms with Crippen LogP contribution in [-0.2, 0) is 14.3 Å². The van der Waals surface area contributed by atoms with Gasteiger partial charge < -0.3 is 14.6 Å². The van der Waals surface area contributed by atoms with Crippen LogP contribution in [0.3, 0.4) is 0 Å². The Bertz CT molecular complexity index is 591. The minimum absolute atomic E-state index is 0.0168. The number of aliphatic hydroxyl groups is 1. The van der Waals surface area contributed by atoms with E-state index in [1.807, 2.05) is 6.92 Å². The SMILES string of the molecule is CCCOc1ccc(C2=C(O)C(=O)N(CCOC)C2=O)cc1. The first-order chi connectivity index (χ1) is 10.6. The molecule has 0 aliphatic carbocycles. The fourth-order valence-corrected chi connectivity index (χ4v) is 2.15. The molecule has 0 saturated heterocycles. The zero-order chi connectivity index (χ0) is 16.1. The number of carbonyl (C=O) groups excluding carboxylic acids is 2. The number of benzene rings is 1. The Labute approximate surface area is 128 Å². The maximum Gasteiger partial charge on any atom is 0.296 e. The predicted octanol–water partition coefficient (Wildman–Crippen LogP) is 1.76. The van der Waals surface area contributed by atoms with E-state index in [0.29, 0.717) is 17.9 Å². The quantitative estimate of drug-likeness (QED) is 0.777. The molecule has 1 aromatic rings. The van der Waals surface area contributed by atoms with Crippen LogP contribution in [0.4, 0.5) is 0 Å². The summed E-state index contributed by atoms with van der Waals surface area (Å²) >= 11 is 0. The van der Waals surface area contributed by atoms with E-state index in [1.54, 1.807) is 24.3 Å². The van der Waals surface area contributed by atoms with Crippen molar-refractivity contribution in [2.75, 3.05) is 26.9 Å². The van der Waals surface area contributed by atoms with Crippen molar-refractivity contribution in [3.8, 4) is 5.75 Å². The summed E-state index contributed by atoms with van der Waals surface area (Å²) in [5.74, 6) is -1.05. The van der Waals surface area contributed by atoms with E-state index in [-0.39, 0.29) is 18.7 Å². The van der Waals surface area contributed by atoms with Gasteiger partial charge in [0.2, 0.25) is 0 Å². The van der Waals surface area contributed by atoms with Crippen molar-refractivity contribution in [1.82, 2.24) is 4.90 Å². The first-order valence-corrected chi connectivity index (χ1v) is 7.11. The lowest BCUT2D eigenvalue weighted by atomic mass is 10.1. The number of aliphatic hydroxyl groups excluding tert-OH is 1. The first kappa shape index (κ1) is 16.0. The van der Waals surface area contributed by atoms with Crippen molar-refractivity contribution in [3.63, 3.8) is 0 Å². The average Bonchev–Trinajstić information content (AvgIpc) is 2.74. The molecule has 22 heavy (non-hydrogen) atoms. The molecule has 1 aliphatic heterocycles. The fourth-order valence-electron chi connectivity index (χ4n) is 2.15. The summed E-state index contributed by atoms with van der Waals surface area (Å²) < 4.78 is 10.3. The molecular formula is C16H19NO5. The van der Waals surface area contributed by atoms with E-state index in [1.165, 1.54) is 7.11 Å². The number of imide groups is 1.